The average Bonchev–Trinajstić information content (AvgIpc) is 2.84. The molecule has 0 unspecified atom stereocenters. The molecule has 2 aromatic rings. The molecule has 0 saturated heterocycles. The smallest absolute Gasteiger partial charge is 0.387 e. The van der Waals surface area contributed by atoms with Gasteiger partial charge in [0.1, 0.15) is 5.75 Å². The lowest BCUT2D eigenvalue weighted by Crippen LogP contribution is -2.27. The van der Waals surface area contributed by atoms with Gasteiger partial charge in [0, 0.05) is 11.6 Å². The Morgan fingerprint density at radius 1 is 1.17 bits per heavy atom. The van der Waals surface area contributed by atoms with E-state index >= 15 is 0 Å². The Morgan fingerprint density at radius 2 is 1.83 bits per heavy atom. The molecule has 0 N–H and O–H groups in total. The van der Waals surface area contributed by atoms with Crippen LogP contribution in [0.15, 0.2) is 36.4 Å². The van der Waals surface area contributed by atoms with Crippen molar-refractivity contribution < 1.29 is 18.3 Å². The summed E-state index contributed by atoms with van der Waals surface area (Å²) in [4.78, 5) is 14.3. The Morgan fingerprint density at radius 3 is 2.46 bits per heavy atom. The van der Waals surface area contributed by atoms with Crippen molar-refractivity contribution >= 4 is 29.1 Å². The molecule has 1 aliphatic rings. The Kier molecular flexibility index (Phi) is 4.65. The third-order valence-electron chi connectivity index (χ3n) is 4.01. The molecule has 0 spiro atoms. The van der Waals surface area contributed by atoms with E-state index in [4.69, 9.17) is 23.2 Å². The SMILES string of the molecule is C[C@@H](c1ccc(Cl)cc1)N1Cc2cc(OC(F)F)cc(Cl)c2C1=O. The molecule has 3 rings (SSSR count). The van der Waals surface area contributed by atoms with Gasteiger partial charge in [-0.1, -0.05) is 35.3 Å². The predicted molar refractivity (Wildman–Crippen MR) is 87.8 cm³/mol. The van der Waals surface area contributed by atoms with Crippen LogP contribution in [-0.4, -0.2) is 17.4 Å². The topological polar surface area (TPSA) is 29.5 Å². The van der Waals surface area contributed by atoms with Crippen LogP contribution in [0.3, 0.4) is 0 Å². The number of hydrogen-bond donors (Lipinski definition) is 0. The van der Waals surface area contributed by atoms with Crippen molar-refractivity contribution in [1.29, 1.82) is 0 Å². The molecule has 0 saturated carbocycles. The largest absolute Gasteiger partial charge is 0.435 e. The second kappa shape index (κ2) is 6.57. The first kappa shape index (κ1) is 17.0. The lowest BCUT2D eigenvalue weighted by atomic mass is 10.1. The number of carbonyl (C=O) groups is 1. The molecule has 3 nitrogen and oxygen atoms in total. The monoisotopic (exact) mass is 371 g/mol. The highest BCUT2D eigenvalue weighted by molar-refractivity contribution is 6.34. The first-order valence-corrected chi connectivity index (χ1v) is 7.96. The van der Waals surface area contributed by atoms with Crippen LogP contribution in [-0.2, 0) is 6.54 Å². The van der Waals surface area contributed by atoms with Gasteiger partial charge in [0.05, 0.1) is 16.6 Å². The molecule has 1 atom stereocenters. The van der Waals surface area contributed by atoms with E-state index in [9.17, 15) is 13.6 Å². The van der Waals surface area contributed by atoms with E-state index in [0.717, 1.165) is 5.56 Å². The Labute approximate surface area is 147 Å². The maximum atomic E-state index is 12.7. The molecular formula is C17H13Cl2F2NO2. The fourth-order valence-corrected chi connectivity index (χ4v) is 3.24. The molecule has 0 radical (unpaired) electrons. The van der Waals surface area contributed by atoms with Crippen LogP contribution in [0.25, 0.3) is 0 Å². The predicted octanol–water partition coefficient (Wildman–Crippen LogP) is 5.31. The van der Waals surface area contributed by atoms with Crippen molar-refractivity contribution in [2.75, 3.05) is 0 Å². The van der Waals surface area contributed by atoms with Crippen molar-refractivity contribution in [2.45, 2.75) is 26.1 Å². The molecule has 2 aromatic carbocycles. The summed E-state index contributed by atoms with van der Waals surface area (Å²) in [6, 6.07) is 9.65. The Bertz CT molecular complexity index is 781. The average molecular weight is 372 g/mol. The number of fused-ring (bicyclic) bond motifs is 1. The number of benzene rings is 2. The van der Waals surface area contributed by atoms with Crippen LogP contribution >= 0.6 is 23.2 Å². The van der Waals surface area contributed by atoms with E-state index in [2.05, 4.69) is 4.74 Å². The van der Waals surface area contributed by atoms with Gasteiger partial charge in [0.25, 0.3) is 5.91 Å². The van der Waals surface area contributed by atoms with E-state index in [0.29, 0.717) is 16.1 Å². The normalized spacial score (nSPS) is 14.9. The number of carbonyl (C=O) groups excluding carboxylic acids is 1. The summed E-state index contributed by atoms with van der Waals surface area (Å²) in [6.45, 7) is -0.782. The molecular weight excluding hydrogens is 359 g/mol. The summed E-state index contributed by atoms with van der Waals surface area (Å²) < 4.78 is 29.2. The molecule has 1 aliphatic heterocycles. The van der Waals surface area contributed by atoms with Crippen LogP contribution in [0.4, 0.5) is 8.78 Å². The van der Waals surface area contributed by atoms with E-state index in [-0.39, 0.29) is 29.3 Å². The fraction of sp³-hybridized carbons (Fsp3) is 0.235. The van der Waals surface area contributed by atoms with Gasteiger partial charge in [-0.2, -0.15) is 8.78 Å². The third kappa shape index (κ3) is 3.19. The highest BCUT2D eigenvalue weighted by Gasteiger charge is 2.34. The van der Waals surface area contributed by atoms with Gasteiger partial charge in [0.2, 0.25) is 0 Å². The van der Waals surface area contributed by atoms with Gasteiger partial charge in [-0.25, -0.2) is 0 Å². The highest BCUT2D eigenvalue weighted by atomic mass is 35.5. The molecule has 1 heterocycles. The summed E-state index contributed by atoms with van der Waals surface area (Å²) in [5.41, 5.74) is 1.82. The maximum absolute atomic E-state index is 12.7. The summed E-state index contributed by atoms with van der Waals surface area (Å²) in [5, 5.41) is 0.720. The number of amides is 1. The molecule has 0 aliphatic carbocycles. The van der Waals surface area contributed by atoms with Crippen LogP contribution in [0, 0.1) is 0 Å². The van der Waals surface area contributed by atoms with Crippen LogP contribution < -0.4 is 4.74 Å². The quantitative estimate of drug-likeness (QED) is 0.728. The first-order valence-electron chi connectivity index (χ1n) is 7.20. The van der Waals surface area contributed by atoms with Crippen molar-refractivity contribution in [3.63, 3.8) is 0 Å². The van der Waals surface area contributed by atoms with E-state index in [1.54, 1.807) is 17.0 Å². The number of alkyl halides is 2. The van der Waals surface area contributed by atoms with Crippen molar-refractivity contribution in [1.82, 2.24) is 4.90 Å². The summed E-state index contributed by atoms with van der Waals surface area (Å²) >= 11 is 12.0. The van der Waals surface area contributed by atoms with Crippen molar-refractivity contribution in [3.8, 4) is 5.75 Å². The molecule has 0 fully saturated rings. The second-order valence-electron chi connectivity index (χ2n) is 5.48. The van der Waals surface area contributed by atoms with E-state index < -0.39 is 6.61 Å². The van der Waals surface area contributed by atoms with Crippen LogP contribution in [0.1, 0.15) is 34.5 Å². The molecule has 24 heavy (non-hydrogen) atoms. The minimum absolute atomic E-state index is 0.0532. The van der Waals surface area contributed by atoms with Gasteiger partial charge in [-0.3, -0.25) is 4.79 Å². The zero-order valence-corrected chi connectivity index (χ0v) is 14.1. The van der Waals surface area contributed by atoms with E-state index in [1.165, 1.54) is 12.1 Å². The number of rotatable bonds is 4. The Hall–Kier alpha value is -1.85. The minimum Gasteiger partial charge on any atom is -0.435 e. The van der Waals surface area contributed by atoms with Crippen molar-refractivity contribution in [2.24, 2.45) is 0 Å². The molecule has 1 amide bonds. The summed E-state index contributed by atoms with van der Waals surface area (Å²) in [7, 11) is 0. The maximum Gasteiger partial charge on any atom is 0.387 e. The number of ether oxygens (including phenoxy) is 1. The third-order valence-corrected chi connectivity index (χ3v) is 4.56. The van der Waals surface area contributed by atoms with Crippen LogP contribution in [0.5, 0.6) is 5.75 Å². The van der Waals surface area contributed by atoms with Gasteiger partial charge in [0.15, 0.2) is 0 Å². The number of halogens is 4. The van der Waals surface area contributed by atoms with Gasteiger partial charge < -0.3 is 9.64 Å². The lowest BCUT2D eigenvalue weighted by Gasteiger charge is -2.24. The molecule has 126 valence electrons. The number of hydrogen-bond acceptors (Lipinski definition) is 2. The van der Waals surface area contributed by atoms with Gasteiger partial charge in [-0.15, -0.1) is 0 Å². The molecule has 7 heteroatoms. The highest BCUT2D eigenvalue weighted by Crippen LogP contribution is 2.37. The molecule has 0 aromatic heterocycles. The van der Waals surface area contributed by atoms with Gasteiger partial charge in [-0.05, 0) is 42.3 Å². The first-order chi connectivity index (χ1) is 11.4. The second-order valence-corrected chi connectivity index (χ2v) is 6.32. The van der Waals surface area contributed by atoms with Crippen molar-refractivity contribution in [3.05, 3.63) is 63.1 Å². The number of nitrogens with zero attached hydrogens (tertiary/aromatic N) is 1. The summed E-state index contributed by atoms with van der Waals surface area (Å²) in [6.07, 6.45) is 0. The van der Waals surface area contributed by atoms with Gasteiger partial charge >= 0.3 is 6.61 Å². The fourth-order valence-electron chi connectivity index (χ4n) is 2.80. The summed E-state index contributed by atoms with van der Waals surface area (Å²) in [5.74, 6) is -0.288. The lowest BCUT2D eigenvalue weighted by molar-refractivity contribution is -0.0498. The standard InChI is InChI=1S/C17H13Cl2F2NO2/c1-9(10-2-4-12(18)5-3-10)22-8-11-6-13(24-17(20)21)7-14(19)15(11)16(22)23/h2-7,9,17H,8H2,1H3/t9-/m0/s1. The van der Waals surface area contributed by atoms with Crippen LogP contribution in [0.2, 0.25) is 10.0 Å². The zero-order valence-electron chi connectivity index (χ0n) is 12.6. The molecule has 0 bridgehead atoms. The van der Waals surface area contributed by atoms with E-state index in [1.807, 2.05) is 19.1 Å². The zero-order chi connectivity index (χ0) is 17.4. The Balaban J connectivity index is 1.89. The minimum atomic E-state index is -2.94.